The lowest BCUT2D eigenvalue weighted by molar-refractivity contribution is 0.263. The van der Waals surface area contributed by atoms with Gasteiger partial charge < -0.3 is 5.11 Å². The van der Waals surface area contributed by atoms with E-state index < -0.39 is 18.5 Å². The molecule has 0 aliphatic rings. The zero-order valence-corrected chi connectivity index (χ0v) is 6.50. The predicted octanol–water partition coefficient (Wildman–Crippen LogP) is 0.959. The Kier molecular flexibility index (Phi) is 3.13. The van der Waals surface area contributed by atoms with Crippen LogP contribution in [0.2, 0.25) is 0 Å². The van der Waals surface area contributed by atoms with E-state index >= 15 is 0 Å². The number of aliphatic hydroxyl groups excluding tert-OH is 1. The number of aromatic nitrogens is 2. The Balaban J connectivity index is 2.91. The molecule has 1 aromatic heterocycles. The lowest BCUT2D eigenvalue weighted by Gasteiger charge is -2.03. The Hall–Kier alpha value is -1.72. The minimum atomic E-state index is -0.856. The number of azide groups is 1. The van der Waals surface area contributed by atoms with E-state index in [0.29, 0.717) is 0 Å². The average Bonchev–Trinajstić information content (AvgIpc) is 2.16. The van der Waals surface area contributed by atoms with Crippen molar-refractivity contribution in [1.82, 2.24) is 9.97 Å². The number of hydrogen-bond acceptors (Lipinski definition) is 4. The van der Waals surface area contributed by atoms with Gasteiger partial charge in [-0.3, -0.25) is 0 Å². The summed E-state index contributed by atoms with van der Waals surface area (Å²) in [5.74, 6) is -0.483. The Bertz CT molecular complexity index is 320. The van der Waals surface area contributed by atoms with E-state index in [1.54, 1.807) is 0 Å². The van der Waals surface area contributed by atoms with Gasteiger partial charge in [0.15, 0.2) is 5.82 Å². The normalized spacial score (nSPS) is 11.8. The van der Waals surface area contributed by atoms with Gasteiger partial charge in [0.1, 0.15) is 11.9 Å². The first-order valence-corrected chi connectivity index (χ1v) is 3.40. The third-order valence-electron chi connectivity index (χ3n) is 1.30. The molecule has 13 heavy (non-hydrogen) atoms. The molecule has 0 saturated heterocycles. The van der Waals surface area contributed by atoms with Crippen LogP contribution >= 0.6 is 0 Å². The van der Waals surface area contributed by atoms with Crippen LogP contribution in [-0.2, 0) is 0 Å². The molecule has 68 valence electrons. The molecule has 0 aliphatic heterocycles. The van der Waals surface area contributed by atoms with Crippen molar-refractivity contribution in [2.75, 3.05) is 6.61 Å². The highest BCUT2D eigenvalue weighted by atomic mass is 19.1. The summed E-state index contributed by atoms with van der Waals surface area (Å²) in [6.45, 7) is -0.407. The summed E-state index contributed by atoms with van der Waals surface area (Å²) in [6, 6.07) is -0.856. The van der Waals surface area contributed by atoms with E-state index in [4.69, 9.17) is 10.6 Å². The fourth-order valence-corrected chi connectivity index (χ4v) is 0.726. The smallest absolute Gasteiger partial charge is 0.159 e. The lowest BCUT2D eigenvalue weighted by atomic mass is 10.3. The summed E-state index contributed by atoms with van der Waals surface area (Å²) in [5, 5.41) is 12.0. The molecule has 0 fully saturated rings. The van der Waals surface area contributed by atoms with E-state index in [1.165, 1.54) is 0 Å². The van der Waals surface area contributed by atoms with Crippen molar-refractivity contribution in [3.8, 4) is 0 Å². The SMILES string of the molecule is [N-]=[N+]=NC(CO)c1ncc(F)cn1. The second-order valence-electron chi connectivity index (χ2n) is 2.16. The first-order chi connectivity index (χ1) is 6.27. The third-order valence-corrected chi connectivity index (χ3v) is 1.30. The van der Waals surface area contributed by atoms with Crippen LogP contribution in [0.15, 0.2) is 17.5 Å². The number of hydrogen-bond donors (Lipinski definition) is 1. The maximum absolute atomic E-state index is 12.3. The largest absolute Gasteiger partial charge is 0.395 e. The molecule has 1 atom stereocenters. The second kappa shape index (κ2) is 4.34. The summed E-state index contributed by atoms with van der Waals surface area (Å²) >= 11 is 0. The molecule has 1 N–H and O–H groups in total. The molecular weight excluding hydrogens is 177 g/mol. The van der Waals surface area contributed by atoms with Crippen molar-refractivity contribution in [3.05, 3.63) is 34.5 Å². The van der Waals surface area contributed by atoms with Gasteiger partial charge >= 0.3 is 0 Å². The van der Waals surface area contributed by atoms with Gasteiger partial charge in [-0.2, -0.15) is 0 Å². The Morgan fingerprint density at radius 3 is 2.69 bits per heavy atom. The van der Waals surface area contributed by atoms with Crippen LogP contribution in [0.4, 0.5) is 4.39 Å². The quantitative estimate of drug-likeness (QED) is 0.429. The predicted molar refractivity (Wildman–Crippen MR) is 41.0 cm³/mol. The van der Waals surface area contributed by atoms with Gasteiger partial charge in [0, 0.05) is 4.91 Å². The molecule has 0 amide bonds. The summed E-state index contributed by atoms with van der Waals surface area (Å²) in [4.78, 5) is 9.61. The monoisotopic (exact) mass is 183 g/mol. The number of nitrogens with zero attached hydrogens (tertiary/aromatic N) is 5. The maximum Gasteiger partial charge on any atom is 0.159 e. The lowest BCUT2D eigenvalue weighted by Crippen LogP contribution is -2.05. The molecule has 0 spiro atoms. The molecule has 1 aromatic rings. The molecule has 0 radical (unpaired) electrons. The summed E-state index contributed by atoms with van der Waals surface area (Å²) in [5.41, 5.74) is 8.10. The molecule has 7 heteroatoms. The van der Waals surface area contributed by atoms with Crippen LogP contribution in [0.5, 0.6) is 0 Å². The molecule has 1 rings (SSSR count). The molecule has 0 aromatic carbocycles. The van der Waals surface area contributed by atoms with Crippen LogP contribution in [0.1, 0.15) is 11.9 Å². The topological polar surface area (TPSA) is 94.8 Å². The molecule has 1 unspecified atom stereocenters. The van der Waals surface area contributed by atoms with Gasteiger partial charge in [-0.05, 0) is 5.53 Å². The van der Waals surface area contributed by atoms with Crippen molar-refractivity contribution < 1.29 is 9.50 Å². The van der Waals surface area contributed by atoms with Gasteiger partial charge in [0.05, 0.1) is 19.0 Å². The molecule has 1 heterocycles. The molecule has 0 bridgehead atoms. The number of rotatable bonds is 3. The standard InChI is InChI=1S/C6H6FN5O/c7-4-1-9-6(10-2-4)5(3-13)11-12-8/h1-2,5,13H,3H2. The highest BCUT2D eigenvalue weighted by Gasteiger charge is 2.10. The highest BCUT2D eigenvalue weighted by molar-refractivity contribution is 4.97. The van der Waals surface area contributed by atoms with Crippen molar-refractivity contribution in [1.29, 1.82) is 0 Å². The van der Waals surface area contributed by atoms with E-state index in [2.05, 4.69) is 20.0 Å². The first-order valence-electron chi connectivity index (χ1n) is 3.40. The fraction of sp³-hybridized carbons (Fsp3) is 0.333. The minimum Gasteiger partial charge on any atom is -0.395 e. The van der Waals surface area contributed by atoms with Crippen LogP contribution in [0.3, 0.4) is 0 Å². The van der Waals surface area contributed by atoms with E-state index in [-0.39, 0.29) is 5.82 Å². The second-order valence-corrected chi connectivity index (χ2v) is 2.16. The zero-order valence-electron chi connectivity index (χ0n) is 6.50. The third kappa shape index (κ3) is 2.36. The highest BCUT2D eigenvalue weighted by Crippen LogP contribution is 2.11. The zero-order chi connectivity index (χ0) is 9.68. The van der Waals surface area contributed by atoms with Crippen molar-refractivity contribution in [2.45, 2.75) is 6.04 Å². The van der Waals surface area contributed by atoms with Gasteiger partial charge in [-0.25, -0.2) is 14.4 Å². The summed E-state index contributed by atoms with van der Waals surface area (Å²) in [7, 11) is 0. The van der Waals surface area contributed by atoms with Gasteiger partial charge in [0.25, 0.3) is 0 Å². The molecule has 0 saturated carbocycles. The van der Waals surface area contributed by atoms with Crippen LogP contribution in [-0.4, -0.2) is 21.7 Å². The number of aliphatic hydroxyl groups is 1. The Morgan fingerprint density at radius 1 is 1.62 bits per heavy atom. The molecular formula is C6H6FN5O. The summed E-state index contributed by atoms with van der Waals surface area (Å²) < 4.78 is 12.3. The Labute approximate surface area is 72.7 Å². The van der Waals surface area contributed by atoms with Crippen molar-refractivity contribution >= 4 is 0 Å². The molecule has 6 nitrogen and oxygen atoms in total. The molecule has 0 aliphatic carbocycles. The number of halogens is 1. The fourth-order valence-electron chi connectivity index (χ4n) is 0.726. The van der Waals surface area contributed by atoms with Crippen molar-refractivity contribution in [3.63, 3.8) is 0 Å². The average molecular weight is 183 g/mol. The maximum atomic E-state index is 12.3. The minimum absolute atomic E-state index is 0.0988. The van der Waals surface area contributed by atoms with E-state index in [9.17, 15) is 4.39 Å². The summed E-state index contributed by atoms with van der Waals surface area (Å²) in [6.07, 6.45) is 1.88. The van der Waals surface area contributed by atoms with Crippen LogP contribution in [0, 0.1) is 5.82 Å². The Morgan fingerprint density at radius 2 is 2.23 bits per heavy atom. The van der Waals surface area contributed by atoms with E-state index in [1.807, 2.05) is 0 Å². The van der Waals surface area contributed by atoms with E-state index in [0.717, 1.165) is 12.4 Å². The van der Waals surface area contributed by atoms with Gasteiger partial charge in [0.2, 0.25) is 0 Å². The first kappa shape index (κ1) is 9.37. The van der Waals surface area contributed by atoms with Crippen molar-refractivity contribution in [2.24, 2.45) is 5.11 Å². The van der Waals surface area contributed by atoms with Gasteiger partial charge in [-0.15, -0.1) is 0 Å². The van der Waals surface area contributed by atoms with Crippen LogP contribution in [0.25, 0.3) is 10.4 Å². The van der Waals surface area contributed by atoms with Crippen LogP contribution < -0.4 is 0 Å². The van der Waals surface area contributed by atoms with Gasteiger partial charge in [-0.1, -0.05) is 5.11 Å².